The van der Waals surface area contributed by atoms with Gasteiger partial charge >= 0.3 is 0 Å². The molecule has 0 aliphatic carbocycles. The molecule has 0 saturated heterocycles. The molecule has 4 nitrogen and oxygen atoms in total. The van der Waals surface area contributed by atoms with E-state index in [1.54, 1.807) is 31.3 Å². The number of carbonyl (C=O) groups excluding carboxylic acids is 1. The van der Waals surface area contributed by atoms with Crippen LogP contribution in [-0.4, -0.2) is 31.0 Å². The van der Waals surface area contributed by atoms with Crippen LogP contribution in [0.2, 0.25) is 0 Å². The minimum absolute atomic E-state index is 0.0353. The molecule has 1 aromatic rings. The lowest BCUT2D eigenvalue weighted by Gasteiger charge is -2.14. The Morgan fingerprint density at radius 3 is 3.00 bits per heavy atom. The molecule has 4 heteroatoms. The Hall–Kier alpha value is -2.15. The summed E-state index contributed by atoms with van der Waals surface area (Å²) >= 11 is 0. The molecule has 0 fully saturated rings. The van der Waals surface area contributed by atoms with Crippen LogP contribution in [0.1, 0.15) is 6.42 Å². The van der Waals surface area contributed by atoms with Gasteiger partial charge in [0.1, 0.15) is 5.75 Å². The maximum atomic E-state index is 11.5. The number of rotatable bonds is 5. The van der Waals surface area contributed by atoms with Crippen molar-refractivity contribution in [2.45, 2.75) is 6.42 Å². The number of hydrogen-bond donors (Lipinski definition) is 1. The Bertz CT molecular complexity index is 424. The van der Waals surface area contributed by atoms with Crippen molar-refractivity contribution in [3.63, 3.8) is 0 Å². The second-order valence-electron chi connectivity index (χ2n) is 3.62. The summed E-state index contributed by atoms with van der Waals surface area (Å²) in [7, 11) is 1.67. The summed E-state index contributed by atoms with van der Waals surface area (Å²) in [6.45, 7) is 0.633. The van der Waals surface area contributed by atoms with E-state index in [9.17, 15) is 4.79 Å². The standard InChI is InChI=1S/C13H16N2O2/c1-3-8-15(2)13(16)7-9-17-12-6-4-5-11(14)10-12/h1,4-6,10H,7-9,14H2,2H3. The number of nitrogens with two attached hydrogens (primary N) is 1. The maximum Gasteiger partial charge on any atom is 0.226 e. The van der Waals surface area contributed by atoms with Crippen LogP contribution < -0.4 is 10.5 Å². The molecule has 1 rings (SSSR count). The Morgan fingerprint density at radius 1 is 1.59 bits per heavy atom. The summed E-state index contributed by atoms with van der Waals surface area (Å²) in [5.41, 5.74) is 6.24. The second kappa shape index (κ2) is 6.44. The van der Waals surface area contributed by atoms with Crippen LogP contribution in [0.3, 0.4) is 0 Å². The first-order chi connectivity index (χ1) is 8.13. The minimum atomic E-state index is -0.0353. The smallest absolute Gasteiger partial charge is 0.226 e. The van der Waals surface area contributed by atoms with E-state index in [2.05, 4.69) is 5.92 Å². The third-order valence-corrected chi connectivity index (χ3v) is 2.20. The fourth-order valence-electron chi connectivity index (χ4n) is 1.28. The van der Waals surface area contributed by atoms with E-state index in [1.807, 2.05) is 0 Å². The van der Waals surface area contributed by atoms with E-state index >= 15 is 0 Å². The molecule has 0 aliphatic rings. The van der Waals surface area contributed by atoms with E-state index in [-0.39, 0.29) is 5.91 Å². The van der Waals surface area contributed by atoms with Gasteiger partial charge in [-0.15, -0.1) is 6.42 Å². The molecule has 1 aromatic carbocycles. The lowest BCUT2D eigenvalue weighted by molar-refractivity contribution is -0.129. The molecule has 0 bridgehead atoms. The highest BCUT2D eigenvalue weighted by atomic mass is 16.5. The summed E-state index contributed by atoms with van der Waals surface area (Å²) < 4.78 is 5.41. The molecular weight excluding hydrogens is 216 g/mol. The number of amides is 1. The molecule has 0 spiro atoms. The van der Waals surface area contributed by atoms with Crippen LogP contribution in [0.15, 0.2) is 24.3 Å². The molecule has 0 aromatic heterocycles. The van der Waals surface area contributed by atoms with Gasteiger partial charge in [0.15, 0.2) is 0 Å². The van der Waals surface area contributed by atoms with Crippen molar-refractivity contribution >= 4 is 11.6 Å². The van der Waals surface area contributed by atoms with E-state index in [0.717, 1.165) is 0 Å². The number of benzene rings is 1. The lowest BCUT2D eigenvalue weighted by atomic mass is 10.3. The third kappa shape index (κ3) is 4.47. The van der Waals surface area contributed by atoms with Crippen molar-refractivity contribution in [1.82, 2.24) is 4.90 Å². The van der Waals surface area contributed by atoms with Gasteiger partial charge in [-0.25, -0.2) is 0 Å². The van der Waals surface area contributed by atoms with Gasteiger partial charge in [-0.05, 0) is 12.1 Å². The Labute approximate surface area is 101 Å². The zero-order valence-corrected chi connectivity index (χ0v) is 9.85. The Balaban J connectivity index is 2.33. The summed E-state index contributed by atoms with van der Waals surface area (Å²) in [5.74, 6) is 3.04. The first kappa shape index (κ1) is 12.9. The van der Waals surface area contributed by atoms with Crippen LogP contribution in [0.4, 0.5) is 5.69 Å². The first-order valence-electron chi connectivity index (χ1n) is 5.29. The number of terminal acetylenes is 1. The van der Waals surface area contributed by atoms with Gasteiger partial charge < -0.3 is 15.4 Å². The van der Waals surface area contributed by atoms with Gasteiger partial charge in [-0.2, -0.15) is 0 Å². The van der Waals surface area contributed by atoms with Crippen LogP contribution >= 0.6 is 0 Å². The van der Waals surface area contributed by atoms with Gasteiger partial charge in [0.05, 0.1) is 19.6 Å². The molecule has 1 amide bonds. The molecule has 0 aliphatic heterocycles. The molecule has 17 heavy (non-hydrogen) atoms. The number of nitrogen functional groups attached to an aromatic ring is 1. The van der Waals surface area contributed by atoms with Gasteiger partial charge in [0.2, 0.25) is 5.91 Å². The van der Waals surface area contributed by atoms with Gasteiger partial charge in [0, 0.05) is 18.8 Å². The van der Waals surface area contributed by atoms with Crippen LogP contribution in [0, 0.1) is 12.3 Å². The second-order valence-corrected chi connectivity index (χ2v) is 3.62. The van der Waals surface area contributed by atoms with Crippen molar-refractivity contribution in [1.29, 1.82) is 0 Å². The molecule has 0 atom stereocenters. The van der Waals surface area contributed by atoms with Crippen molar-refractivity contribution < 1.29 is 9.53 Å². The molecule has 0 saturated carbocycles. The SMILES string of the molecule is C#CCN(C)C(=O)CCOc1cccc(N)c1. The number of carbonyl (C=O) groups is 1. The van der Waals surface area contributed by atoms with E-state index < -0.39 is 0 Å². The molecule has 0 unspecified atom stereocenters. The largest absolute Gasteiger partial charge is 0.493 e. The van der Waals surface area contributed by atoms with Crippen molar-refractivity contribution in [3.05, 3.63) is 24.3 Å². The highest BCUT2D eigenvalue weighted by Gasteiger charge is 2.07. The van der Waals surface area contributed by atoms with Crippen LogP contribution in [0.25, 0.3) is 0 Å². The number of anilines is 1. The van der Waals surface area contributed by atoms with Gasteiger partial charge in [-0.1, -0.05) is 12.0 Å². The maximum absolute atomic E-state index is 11.5. The number of hydrogen-bond acceptors (Lipinski definition) is 3. The first-order valence-corrected chi connectivity index (χ1v) is 5.29. The fourth-order valence-corrected chi connectivity index (χ4v) is 1.28. The molecule has 0 radical (unpaired) electrons. The lowest BCUT2D eigenvalue weighted by Crippen LogP contribution is -2.28. The molecule has 0 heterocycles. The Morgan fingerprint density at radius 2 is 2.35 bits per heavy atom. The zero-order valence-electron chi connectivity index (χ0n) is 9.85. The Kier molecular flexibility index (Phi) is 4.89. The monoisotopic (exact) mass is 232 g/mol. The average molecular weight is 232 g/mol. The highest BCUT2D eigenvalue weighted by molar-refractivity contribution is 5.76. The highest BCUT2D eigenvalue weighted by Crippen LogP contribution is 2.14. The quantitative estimate of drug-likeness (QED) is 0.611. The summed E-state index contributed by atoms with van der Waals surface area (Å²) in [6, 6.07) is 7.09. The zero-order chi connectivity index (χ0) is 12.7. The summed E-state index contributed by atoms with van der Waals surface area (Å²) in [5, 5.41) is 0. The predicted octanol–water partition coefficient (Wildman–Crippen LogP) is 1.13. The van der Waals surface area contributed by atoms with Crippen LogP contribution in [-0.2, 0) is 4.79 Å². The third-order valence-electron chi connectivity index (χ3n) is 2.20. The van der Waals surface area contributed by atoms with Crippen molar-refractivity contribution in [3.8, 4) is 18.1 Å². The molecular formula is C13H16N2O2. The predicted molar refractivity (Wildman–Crippen MR) is 67.4 cm³/mol. The van der Waals surface area contributed by atoms with Crippen molar-refractivity contribution in [2.75, 3.05) is 25.9 Å². The topological polar surface area (TPSA) is 55.6 Å². The van der Waals surface area contributed by atoms with Crippen molar-refractivity contribution in [2.24, 2.45) is 0 Å². The average Bonchev–Trinajstić information content (AvgIpc) is 2.29. The van der Waals surface area contributed by atoms with Gasteiger partial charge in [0.25, 0.3) is 0 Å². The molecule has 2 N–H and O–H groups in total. The van der Waals surface area contributed by atoms with E-state index in [1.165, 1.54) is 4.90 Å². The minimum Gasteiger partial charge on any atom is -0.493 e. The molecule has 90 valence electrons. The summed E-state index contributed by atoms with van der Waals surface area (Å²) in [6.07, 6.45) is 5.41. The number of nitrogens with zero attached hydrogens (tertiary/aromatic N) is 1. The van der Waals surface area contributed by atoms with Gasteiger partial charge in [-0.3, -0.25) is 4.79 Å². The van der Waals surface area contributed by atoms with E-state index in [4.69, 9.17) is 16.9 Å². The fraction of sp³-hybridized carbons (Fsp3) is 0.308. The summed E-state index contributed by atoms with van der Waals surface area (Å²) in [4.78, 5) is 13.0. The van der Waals surface area contributed by atoms with Crippen LogP contribution in [0.5, 0.6) is 5.75 Å². The number of ether oxygens (including phenoxy) is 1. The normalized spacial score (nSPS) is 9.41. The van der Waals surface area contributed by atoms with E-state index in [0.29, 0.717) is 31.0 Å².